The molecule has 5 aromatic rings. The highest BCUT2D eigenvalue weighted by Gasteiger charge is 2.30. The number of ether oxygens (including phenoxy) is 1. The largest absolute Gasteiger partial charge is 0.496 e. The molecule has 6 nitrogen and oxygen atoms in total. The molecular weight excluding hydrogens is 534 g/mol. The second-order valence-electron chi connectivity index (χ2n) is 10.8. The van der Waals surface area contributed by atoms with Gasteiger partial charge in [-0.05, 0) is 41.7 Å². The normalized spacial score (nSPS) is 11.0. The van der Waals surface area contributed by atoms with Gasteiger partial charge in [0.05, 0.1) is 19.6 Å². The third kappa shape index (κ3) is 7.15. The molecule has 6 heteroatoms. The lowest BCUT2D eigenvalue weighted by atomic mass is 9.90. The number of H-pyrrole nitrogens is 1. The lowest BCUT2D eigenvalue weighted by Crippen LogP contribution is -2.45. The second kappa shape index (κ2) is 14.4. The van der Waals surface area contributed by atoms with Gasteiger partial charge in [0.15, 0.2) is 0 Å². The third-order valence-corrected chi connectivity index (χ3v) is 7.88. The number of amides is 2. The molecule has 0 unspecified atom stereocenters. The van der Waals surface area contributed by atoms with Gasteiger partial charge >= 0.3 is 0 Å². The molecule has 5 rings (SSSR count). The predicted molar refractivity (Wildman–Crippen MR) is 172 cm³/mol. The van der Waals surface area contributed by atoms with E-state index in [1.165, 1.54) is 0 Å². The zero-order chi connectivity index (χ0) is 30.0. The molecule has 1 aromatic heterocycles. The molecule has 1 N–H and O–H groups in total. The molecule has 0 radical (unpaired) electrons. The van der Waals surface area contributed by atoms with E-state index >= 15 is 0 Å². The van der Waals surface area contributed by atoms with Gasteiger partial charge in [-0.3, -0.25) is 9.59 Å². The smallest absolute Gasteiger partial charge is 0.242 e. The van der Waals surface area contributed by atoms with Gasteiger partial charge in [-0.1, -0.05) is 104 Å². The molecule has 0 aliphatic carbocycles. The van der Waals surface area contributed by atoms with Crippen LogP contribution in [0.4, 0.5) is 0 Å². The van der Waals surface area contributed by atoms with Gasteiger partial charge < -0.3 is 19.5 Å². The number of rotatable bonds is 13. The summed E-state index contributed by atoms with van der Waals surface area (Å²) in [5, 5.41) is 1.16. The van der Waals surface area contributed by atoms with Crippen LogP contribution in [0.1, 0.15) is 41.5 Å². The van der Waals surface area contributed by atoms with Crippen molar-refractivity contribution in [1.29, 1.82) is 0 Å². The number of nitrogens with zero attached hydrogens (tertiary/aromatic N) is 2. The SMILES string of the molecule is CCCN(CC(=O)N(CCc1c[nH]c2ccccc12)Cc1ccccc1OC)C(=O)C(c1ccccc1)c1ccccc1. The molecule has 220 valence electrons. The fourth-order valence-corrected chi connectivity index (χ4v) is 5.68. The highest BCUT2D eigenvalue weighted by molar-refractivity contribution is 5.91. The van der Waals surface area contributed by atoms with Crippen molar-refractivity contribution < 1.29 is 14.3 Å². The van der Waals surface area contributed by atoms with Crippen molar-refractivity contribution in [2.24, 2.45) is 0 Å². The number of hydrogen-bond donors (Lipinski definition) is 1. The number of fused-ring (bicyclic) bond motifs is 1. The summed E-state index contributed by atoms with van der Waals surface area (Å²) in [6.45, 7) is 3.43. The zero-order valence-electron chi connectivity index (χ0n) is 24.9. The minimum Gasteiger partial charge on any atom is -0.496 e. The van der Waals surface area contributed by atoms with Crippen LogP contribution in [0.2, 0.25) is 0 Å². The van der Waals surface area contributed by atoms with E-state index in [9.17, 15) is 9.59 Å². The molecule has 0 aliphatic heterocycles. The van der Waals surface area contributed by atoms with E-state index in [2.05, 4.69) is 17.1 Å². The molecule has 0 atom stereocenters. The average Bonchev–Trinajstić information content (AvgIpc) is 3.47. The summed E-state index contributed by atoms with van der Waals surface area (Å²) in [6, 6.07) is 35.6. The van der Waals surface area contributed by atoms with Crippen molar-refractivity contribution in [2.75, 3.05) is 26.7 Å². The van der Waals surface area contributed by atoms with E-state index in [1.54, 1.807) is 12.0 Å². The number of methoxy groups -OCH3 is 1. The highest BCUT2D eigenvalue weighted by Crippen LogP contribution is 2.28. The summed E-state index contributed by atoms with van der Waals surface area (Å²) in [7, 11) is 1.64. The summed E-state index contributed by atoms with van der Waals surface area (Å²) < 4.78 is 5.61. The fourth-order valence-electron chi connectivity index (χ4n) is 5.68. The first-order valence-electron chi connectivity index (χ1n) is 14.9. The van der Waals surface area contributed by atoms with Crippen LogP contribution in [0.15, 0.2) is 115 Å². The Balaban J connectivity index is 1.42. The minimum atomic E-state index is -0.490. The number of aromatic amines is 1. The number of nitrogens with one attached hydrogen (secondary N) is 1. The van der Waals surface area contributed by atoms with E-state index in [-0.39, 0.29) is 18.4 Å². The van der Waals surface area contributed by atoms with Gasteiger partial charge in [-0.25, -0.2) is 0 Å². The van der Waals surface area contributed by atoms with Crippen LogP contribution in [-0.2, 0) is 22.6 Å². The fraction of sp³-hybridized carbons (Fsp3) is 0.243. The Labute approximate surface area is 253 Å². The predicted octanol–water partition coefficient (Wildman–Crippen LogP) is 6.82. The van der Waals surface area contributed by atoms with Gasteiger partial charge in [-0.2, -0.15) is 0 Å². The average molecular weight is 574 g/mol. The Bertz CT molecular complexity index is 1590. The van der Waals surface area contributed by atoms with E-state index in [0.29, 0.717) is 26.1 Å². The minimum absolute atomic E-state index is 0.00583. The third-order valence-electron chi connectivity index (χ3n) is 7.88. The Hall–Kier alpha value is -4.84. The maximum absolute atomic E-state index is 14.3. The summed E-state index contributed by atoms with van der Waals surface area (Å²) in [6.07, 6.45) is 3.45. The van der Waals surface area contributed by atoms with Crippen LogP contribution in [0, 0.1) is 0 Å². The van der Waals surface area contributed by atoms with Crippen LogP contribution in [0.3, 0.4) is 0 Å². The van der Waals surface area contributed by atoms with Crippen LogP contribution in [-0.4, -0.2) is 53.3 Å². The van der Waals surface area contributed by atoms with E-state index in [0.717, 1.165) is 45.3 Å². The highest BCUT2D eigenvalue weighted by atomic mass is 16.5. The number of hydrogen-bond acceptors (Lipinski definition) is 3. The topological polar surface area (TPSA) is 65.6 Å². The molecule has 1 heterocycles. The quantitative estimate of drug-likeness (QED) is 0.168. The number of para-hydroxylation sites is 2. The molecule has 0 saturated heterocycles. The molecule has 0 bridgehead atoms. The first-order valence-corrected chi connectivity index (χ1v) is 14.9. The first kappa shape index (κ1) is 29.6. The lowest BCUT2D eigenvalue weighted by molar-refractivity contribution is -0.141. The van der Waals surface area contributed by atoms with Crippen LogP contribution < -0.4 is 4.74 Å². The van der Waals surface area contributed by atoms with Crippen LogP contribution >= 0.6 is 0 Å². The number of aromatic nitrogens is 1. The Morgan fingerprint density at radius 2 is 1.37 bits per heavy atom. The molecule has 0 aliphatic rings. The van der Waals surface area contributed by atoms with Gasteiger partial charge in [0, 0.05) is 42.3 Å². The van der Waals surface area contributed by atoms with E-state index < -0.39 is 5.92 Å². The molecule has 2 amide bonds. The standard InChI is InChI=1S/C37H39N3O3/c1-3-23-40(37(42)36(28-14-6-4-7-15-28)29-16-8-5-9-17-29)27-35(41)39(26-31-18-10-13-21-34(31)43-2)24-22-30-25-38-33-20-12-11-19-32(30)33/h4-21,25,36,38H,3,22-24,26-27H2,1-2H3. The number of benzene rings is 4. The molecule has 0 saturated carbocycles. The summed E-state index contributed by atoms with van der Waals surface area (Å²) >= 11 is 0. The zero-order valence-corrected chi connectivity index (χ0v) is 24.9. The first-order chi connectivity index (χ1) is 21.1. The Morgan fingerprint density at radius 3 is 2.05 bits per heavy atom. The summed E-state index contributed by atoms with van der Waals surface area (Å²) in [4.78, 5) is 35.3. The van der Waals surface area contributed by atoms with Crippen molar-refractivity contribution in [2.45, 2.75) is 32.2 Å². The van der Waals surface area contributed by atoms with Gasteiger partial charge in [0.2, 0.25) is 11.8 Å². The number of carbonyl (C=O) groups is 2. The van der Waals surface area contributed by atoms with Crippen molar-refractivity contribution in [1.82, 2.24) is 14.8 Å². The van der Waals surface area contributed by atoms with Crippen molar-refractivity contribution in [3.63, 3.8) is 0 Å². The molecule has 0 fully saturated rings. The van der Waals surface area contributed by atoms with Crippen molar-refractivity contribution >= 4 is 22.7 Å². The maximum atomic E-state index is 14.3. The Kier molecular flexibility index (Phi) is 9.90. The molecule has 0 spiro atoms. The van der Waals surface area contributed by atoms with Gasteiger partial charge in [0.1, 0.15) is 5.75 Å². The monoisotopic (exact) mass is 573 g/mol. The van der Waals surface area contributed by atoms with Crippen LogP contribution in [0.5, 0.6) is 5.75 Å². The van der Waals surface area contributed by atoms with E-state index in [4.69, 9.17) is 4.74 Å². The molecule has 43 heavy (non-hydrogen) atoms. The summed E-state index contributed by atoms with van der Waals surface area (Å²) in [5.74, 6) is 0.0895. The number of carbonyl (C=O) groups excluding carboxylic acids is 2. The van der Waals surface area contributed by atoms with Gasteiger partial charge in [-0.15, -0.1) is 0 Å². The lowest BCUT2D eigenvalue weighted by Gasteiger charge is -2.30. The van der Waals surface area contributed by atoms with Gasteiger partial charge in [0.25, 0.3) is 0 Å². The summed E-state index contributed by atoms with van der Waals surface area (Å²) in [5.41, 5.74) is 4.99. The Morgan fingerprint density at radius 1 is 0.744 bits per heavy atom. The van der Waals surface area contributed by atoms with Crippen molar-refractivity contribution in [3.8, 4) is 5.75 Å². The maximum Gasteiger partial charge on any atom is 0.242 e. The van der Waals surface area contributed by atoms with E-state index in [1.807, 2.05) is 115 Å². The molecule has 4 aromatic carbocycles. The van der Waals surface area contributed by atoms with Crippen LogP contribution in [0.25, 0.3) is 10.9 Å². The van der Waals surface area contributed by atoms with Crippen molar-refractivity contribution in [3.05, 3.63) is 138 Å². The molecular formula is C37H39N3O3. The second-order valence-corrected chi connectivity index (χ2v) is 10.8.